The van der Waals surface area contributed by atoms with Crippen LogP contribution in [0.3, 0.4) is 0 Å². The van der Waals surface area contributed by atoms with Gasteiger partial charge in [0.2, 0.25) is 0 Å². The van der Waals surface area contributed by atoms with Gasteiger partial charge < -0.3 is 19.1 Å². The third-order valence-electron chi connectivity index (χ3n) is 4.91. The summed E-state index contributed by atoms with van der Waals surface area (Å²) in [6.45, 7) is 2.19. The molecule has 33 heavy (non-hydrogen) atoms. The molecule has 0 saturated heterocycles. The Labute approximate surface area is 195 Å². The predicted molar refractivity (Wildman–Crippen MR) is 129 cm³/mol. The summed E-state index contributed by atoms with van der Waals surface area (Å²) in [4.78, 5) is 12.6. The molecule has 0 bridgehead atoms. The zero-order chi connectivity index (χ0) is 23.4. The van der Waals surface area contributed by atoms with Gasteiger partial charge >= 0.3 is 13.7 Å². The van der Waals surface area contributed by atoms with Crippen LogP contribution in [0.5, 0.6) is 11.5 Å². The minimum Gasteiger partial charge on any atom is -0.445 e. The molecule has 0 fully saturated rings. The summed E-state index contributed by atoms with van der Waals surface area (Å²) in [5.41, 5.74) is 0.861. The zero-order valence-electron chi connectivity index (χ0n) is 18.8. The summed E-state index contributed by atoms with van der Waals surface area (Å²) in [6, 6.07) is 27.0. The van der Waals surface area contributed by atoms with Crippen LogP contribution in [-0.4, -0.2) is 11.9 Å². The number of para-hydroxylation sites is 2. The van der Waals surface area contributed by atoms with Crippen molar-refractivity contribution in [2.24, 2.45) is 0 Å². The highest BCUT2D eigenvalue weighted by Crippen LogP contribution is 2.53. The van der Waals surface area contributed by atoms with Crippen molar-refractivity contribution in [3.63, 3.8) is 0 Å². The second-order valence-electron chi connectivity index (χ2n) is 7.57. The molecule has 7 heteroatoms. The lowest BCUT2D eigenvalue weighted by atomic mass is 10.2. The number of hydrogen-bond acceptors (Lipinski definition) is 5. The molecule has 6 nitrogen and oxygen atoms in total. The Morgan fingerprint density at radius 3 is 1.85 bits per heavy atom. The predicted octanol–water partition coefficient (Wildman–Crippen LogP) is 7.17. The first-order valence-electron chi connectivity index (χ1n) is 11.2. The van der Waals surface area contributed by atoms with Crippen LogP contribution in [0.25, 0.3) is 0 Å². The highest BCUT2D eigenvalue weighted by Gasteiger charge is 2.40. The van der Waals surface area contributed by atoms with E-state index in [-0.39, 0.29) is 6.61 Å². The van der Waals surface area contributed by atoms with Crippen LogP contribution in [0.15, 0.2) is 91.0 Å². The van der Waals surface area contributed by atoms with Gasteiger partial charge in [-0.2, -0.15) is 0 Å². The van der Waals surface area contributed by atoms with E-state index in [1.807, 2.05) is 42.5 Å². The fourth-order valence-corrected chi connectivity index (χ4v) is 5.09. The second kappa shape index (κ2) is 12.7. The van der Waals surface area contributed by atoms with Gasteiger partial charge in [0.25, 0.3) is 0 Å². The summed E-state index contributed by atoms with van der Waals surface area (Å²) in [5.74, 6) is -0.0823. The van der Waals surface area contributed by atoms with Gasteiger partial charge in [-0.25, -0.2) is 9.36 Å². The number of benzene rings is 3. The van der Waals surface area contributed by atoms with Crippen molar-refractivity contribution >= 4 is 13.7 Å². The summed E-state index contributed by atoms with van der Waals surface area (Å²) in [5, 5.41) is 2.75. The van der Waals surface area contributed by atoms with Crippen molar-refractivity contribution in [2.75, 3.05) is 0 Å². The normalized spacial score (nSPS) is 11.9. The number of nitrogens with one attached hydrogen (secondary N) is 1. The molecule has 174 valence electrons. The Balaban J connectivity index is 1.80. The molecule has 0 saturated carbocycles. The minimum atomic E-state index is -3.87. The van der Waals surface area contributed by atoms with Gasteiger partial charge in [0.1, 0.15) is 18.1 Å². The van der Waals surface area contributed by atoms with Crippen molar-refractivity contribution in [3.05, 3.63) is 96.6 Å². The van der Waals surface area contributed by atoms with E-state index in [1.165, 1.54) is 0 Å². The quantitative estimate of drug-likeness (QED) is 0.226. The molecule has 3 rings (SSSR count). The lowest BCUT2D eigenvalue weighted by Gasteiger charge is -2.28. The van der Waals surface area contributed by atoms with Gasteiger partial charge in [-0.15, -0.1) is 0 Å². The lowest BCUT2D eigenvalue weighted by Crippen LogP contribution is -2.37. The third-order valence-corrected chi connectivity index (χ3v) is 6.99. The fourth-order valence-electron chi connectivity index (χ4n) is 3.20. The fraction of sp³-hybridized carbons (Fsp3) is 0.269. The first kappa shape index (κ1) is 24.4. The van der Waals surface area contributed by atoms with Gasteiger partial charge in [0.05, 0.1) is 0 Å². The smallest absolute Gasteiger partial charge is 0.445 e. The molecule has 1 amide bonds. The Bertz CT molecular complexity index is 969. The van der Waals surface area contributed by atoms with E-state index in [0.29, 0.717) is 17.9 Å². The molecule has 1 N–H and O–H groups in total. The number of hydrogen-bond donors (Lipinski definition) is 1. The Morgan fingerprint density at radius 2 is 1.33 bits per heavy atom. The average molecular weight is 468 g/mol. The van der Waals surface area contributed by atoms with Crippen LogP contribution >= 0.6 is 7.60 Å². The largest absolute Gasteiger partial charge is 0.453 e. The Kier molecular flexibility index (Phi) is 9.40. The number of carbonyl (C=O) groups excluding carboxylic acids is 1. The number of carbonyl (C=O) groups is 1. The Morgan fingerprint density at radius 1 is 0.818 bits per heavy atom. The van der Waals surface area contributed by atoms with Crippen molar-refractivity contribution in [3.8, 4) is 11.5 Å². The van der Waals surface area contributed by atoms with Crippen LogP contribution in [0.4, 0.5) is 4.79 Å². The molecule has 0 spiro atoms. The van der Waals surface area contributed by atoms with Crippen molar-refractivity contribution in [1.29, 1.82) is 0 Å². The standard InChI is InChI=1S/C26H30NO5P/c1-2-3-7-20-25(27-26(28)30-21-22-14-8-4-9-15-22)33(29,31-23-16-10-5-11-17-23)32-24-18-12-6-13-19-24/h4-6,8-19,25H,2-3,7,20-21H2,1H3,(H,27,28). The summed E-state index contributed by atoms with van der Waals surface area (Å²) < 4.78 is 31.4. The van der Waals surface area contributed by atoms with Gasteiger partial charge in [-0.3, -0.25) is 0 Å². The molecule has 0 aliphatic heterocycles. The highest BCUT2D eigenvalue weighted by atomic mass is 31.2. The van der Waals surface area contributed by atoms with Crippen molar-refractivity contribution in [2.45, 2.75) is 45.0 Å². The molecule has 0 aliphatic carbocycles. The van der Waals surface area contributed by atoms with Crippen molar-refractivity contribution in [1.82, 2.24) is 5.32 Å². The van der Waals surface area contributed by atoms with E-state index in [4.69, 9.17) is 13.8 Å². The molecule has 1 unspecified atom stereocenters. The van der Waals surface area contributed by atoms with Crippen LogP contribution < -0.4 is 14.4 Å². The SMILES string of the molecule is CCCCCC(NC(=O)OCc1ccccc1)P(=O)(Oc1ccccc1)Oc1ccccc1. The molecular formula is C26H30NO5P. The van der Waals surface area contributed by atoms with E-state index >= 15 is 0 Å². The summed E-state index contributed by atoms with van der Waals surface area (Å²) in [7, 11) is -3.87. The molecule has 0 radical (unpaired) electrons. The molecule has 0 aromatic heterocycles. The number of unbranched alkanes of at least 4 members (excludes halogenated alkanes) is 2. The lowest BCUT2D eigenvalue weighted by molar-refractivity contribution is 0.136. The number of alkyl carbamates (subject to hydrolysis) is 1. The van der Waals surface area contributed by atoms with Crippen LogP contribution in [0.1, 0.15) is 38.2 Å². The molecule has 0 heterocycles. The van der Waals surface area contributed by atoms with Gasteiger partial charge in [0.15, 0.2) is 5.78 Å². The van der Waals surface area contributed by atoms with Crippen LogP contribution in [-0.2, 0) is 15.9 Å². The monoisotopic (exact) mass is 467 g/mol. The van der Waals surface area contributed by atoms with Gasteiger partial charge in [-0.05, 0) is 36.2 Å². The summed E-state index contributed by atoms with van der Waals surface area (Å²) in [6.07, 6.45) is 2.41. The van der Waals surface area contributed by atoms with Crippen LogP contribution in [0.2, 0.25) is 0 Å². The van der Waals surface area contributed by atoms with E-state index in [2.05, 4.69) is 12.2 Å². The zero-order valence-corrected chi connectivity index (χ0v) is 19.7. The van der Waals surface area contributed by atoms with E-state index in [1.54, 1.807) is 48.5 Å². The molecule has 0 aliphatic rings. The topological polar surface area (TPSA) is 73.9 Å². The number of amides is 1. The maximum absolute atomic E-state index is 14.1. The van der Waals surface area contributed by atoms with E-state index < -0.39 is 19.5 Å². The molecule has 3 aromatic carbocycles. The van der Waals surface area contributed by atoms with Gasteiger partial charge in [-0.1, -0.05) is 92.9 Å². The summed E-state index contributed by atoms with van der Waals surface area (Å²) >= 11 is 0. The molecule has 3 aromatic rings. The Hall–Kier alpha value is -3.24. The second-order valence-corrected chi connectivity index (χ2v) is 9.63. The minimum absolute atomic E-state index is 0.109. The first-order valence-corrected chi connectivity index (χ1v) is 12.8. The first-order chi connectivity index (χ1) is 16.1. The number of ether oxygens (including phenoxy) is 1. The van der Waals surface area contributed by atoms with E-state index in [9.17, 15) is 9.36 Å². The van der Waals surface area contributed by atoms with E-state index in [0.717, 1.165) is 24.8 Å². The highest BCUT2D eigenvalue weighted by molar-refractivity contribution is 7.55. The van der Waals surface area contributed by atoms with Crippen LogP contribution in [0, 0.1) is 0 Å². The maximum atomic E-state index is 14.1. The van der Waals surface area contributed by atoms with Crippen molar-refractivity contribution < 1.29 is 23.1 Å². The average Bonchev–Trinajstić information content (AvgIpc) is 2.84. The maximum Gasteiger partial charge on any atom is 0.453 e. The number of rotatable bonds is 12. The van der Waals surface area contributed by atoms with Gasteiger partial charge in [0, 0.05) is 0 Å². The molecule has 1 atom stereocenters. The molecular weight excluding hydrogens is 437 g/mol. The third kappa shape index (κ3) is 7.99.